The molecule has 0 aliphatic heterocycles. The molecule has 0 heterocycles. The van der Waals surface area contributed by atoms with E-state index in [-0.39, 0.29) is 0 Å². The summed E-state index contributed by atoms with van der Waals surface area (Å²) in [6.45, 7) is 13.3. The molecule has 0 saturated heterocycles. The summed E-state index contributed by atoms with van der Waals surface area (Å²) in [6.07, 6.45) is 5.32. The zero-order valence-electron chi connectivity index (χ0n) is 15.4. The van der Waals surface area contributed by atoms with E-state index in [1.165, 1.54) is 25.7 Å². The second kappa shape index (κ2) is 8.50. The first-order valence-corrected chi connectivity index (χ1v) is 8.95. The molecular formula is C18H38N2O. The van der Waals surface area contributed by atoms with Crippen molar-refractivity contribution < 1.29 is 4.74 Å². The maximum absolute atomic E-state index is 5.91. The van der Waals surface area contributed by atoms with Gasteiger partial charge < -0.3 is 15.0 Å². The van der Waals surface area contributed by atoms with Gasteiger partial charge in [-0.25, -0.2) is 0 Å². The van der Waals surface area contributed by atoms with E-state index in [2.05, 4.69) is 58.9 Å². The first-order valence-electron chi connectivity index (χ1n) is 8.95. The normalized spacial score (nSPS) is 30.7. The molecule has 0 amide bonds. The average molecular weight is 299 g/mol. The van der Waals surface area contributed by atoms with Crippen LogP contribution in [-0.2, 0) is 4.74 Å². The van der Waals surface area contributed by atoms with E-state index in [9.17, 15) is 0 Å². The molecule has 1 rings (SSSR count). The molecule has 0 radical (unpaired) electrons. The molecule has 126 valence electrons. The summed E-state index contributed by atoms with van der Waals surface area (Å²) >= 11 is 0. The minimum absolute atomic E-state index is 0.306. The van der Waals surface area contributed by atoms with Gasteiger partial charge in [0.2, 0.25) is 0 Å². The van der Waals surface area contributed by atoms with Gasteiger partial charge in [0, 0.05) is 30.7 Å². The van der Waals surface area contributed by atoms with Crippen LogP contribution < -0.4 is 5.32 Å². The summed E-state index contributed by atoms with van der Waals surface area (Å²) < 4.78 is 5.91. The van der Waals surface area contributed by atoms with Crippen molar-refractivity contribution in [3.05, 3.63) is 0 Å². The summed E-state index contributed by atoms with van der Waals surface area (Å²) in [5.74, 6) is 0.781. The highest BCUT2D eigenvalue weighted by Crippen LogP contribution is 2.45. The number of hydrogen-bond acceptors (Lipinski definition) is 3. The Bertz CT molecular complexity index is 291. The van der Waals surface area contributed by atoms with Crippen molar-refractivity contribution in [3.8, 4) is 0 Å². The van der Waals surface area contributed by atoms with Crippen molar-refractivity contribution in [1.29, 1.82) is 0 Å². The van der Waals surface area contributed by atoms with Gasteiger partial charge in [0.25, 0.3) is 0 Å². The fraction of sp³-hybridized carbons (Fsp3) is 1.00. The molecule has 1 aliphatic carbocycles. The Morgan fingerprint density at radius 1 is 1.19 bits per heavy atom. The van der Waals surface area contributed by atoms with Crippen LogP contribution in [0.15, 0.2) is 0 Å². The predicted molar refractivity (Wildman–Crippen MR) is 91.8 cm³/mol. The third-order valence-corrected chi connectivity index (χ3v) is 5.94. The van der Waals surface area contributed by atoms with Crippen molar-refractivity contribution in [2.45, 2.75) is 78.5 Å². The Kier molecular flexibility index (Phi) is 7.66. The van der Waals surface area contributed by atoms with Crippen LogP contribution in [-0.4, -0.2) is 50.3 Å². The lowest BCUT2D eigenvalue weighted by Crippen LogP contribution is -2.63. The zero-order chi connectivity index (χ0) is 16.0. The number of nitrogens with zero attached hydrogens (tertiary/aromatic N) is 1. The van der Waals surface area contributed by atoms with Crippen LogP contribution in [0, 0.1) is 11.3 Å². The maximum Gasteiger partial charge on any atom is 0.0658 e. The molecule has 0 aromatic carbocycles. The second-order valence-electron chi connectivity index (χ2n) is 7.11. The molecule has 0 aromatic rings. The topological polar surface area (TPSA) is 24.5 Å². The summed E-state index contributed by atoms with van der Waals surface area (Å²) in [5, 5.41) is 3.86. The van der Waals surface area contributed by atoms with Crippen LogP contribution in [0.4, 0.5) is 0 Å². The van der Waals surface area contributed by atoms with Gasteiger partial charge in [-0.1, -0.05) is 40.5 Å². The lowest BCUT2D eigenvalue weighted by Gasteiger charge is -2.54. The molecule has 0 bridgehead atoms. The predicted octanol–water partition coefficient (Wildman–Crippen LogP) is 3.54. The number of nitrogens with one attached hydrogen (secondary N) is 1. The highest BCUT2D eigenvalue weighted by molar-refractivity contribution is 5.05. The van der Waals surface area contributed by atoms with E-state index in [0.29, 0.717) is 23.6 Å². The van der Waals surface area contributed by atoms with E-state index in [0.717, 1.165) is 19.1 Å². The lowest BCUT2D eigenvalue weighted by atomic mass is 9.61. The number of likely N-dealkylation sites (N-methyl/N-ethyl adjacent to an activating group) is 1. The molecule has 4 unspecified atom stereocenters. The van der Waals surface area contributed by atoms with Gasteiger partial charge >= 0.3 is 0 Å². The van der Waals surface area contributed by atoms with Gasteiger partial charge in [-0.15, -0.1) is 0 Å². The fourth-order valence-corrected chi connectivity index (χ4v) is 3.93. The lowest BCUT2D eigenvalue weighted by molar-refractivity contribution is -0.126. The molecule has 3 nitrogen and oxygen atoms in total. The minimum atomic E-state index is 0.306. The largest absolute Gasteiger partial charge is 0.378 e. The van der Waals surface area contributed by atoms with Crippen molar-refractivity contribution in [2.75, 3.05) is 27.2 Å². The molecule has 0 spiro atoms. The first-order chi connectivity index (χ1) is 9.94. The average Bonchev–Trinajstić information content (AvgIpc) is 2.47. The summed E-state index contributed by atoms with van der Waals surface area (Å²) in [6, 6.07) is 1.24. The Balaban J connectivity index is 2.57. The molecule has 21 heavy (non-hydrogen) atoms. The molecule has 1 fully saturated rings. The van der Waals surface area contributed by atoms with Gasteiger partial charge in [-0.3, -0.25) is 0 Å². The Hall–Kier alpha value is -0.120. The van der Waals surface area contributed by atoms with E-state index < -0.39 is 0 Å². The molecule has 1 N–H and O–H groups in total. The molecular weight excluding hydrogens is 260 g/mol. The fourth-order valence-electron chi connectivity index (χ4n) is 3.93. The van der Waals surface area contributed by atoms with E-state index in [4.69, 9.17) is 4.74 Å². The third kappa shape index (κ3) is 4.20. The Morgan fingerprint density at radius 3 is 2.24 bits per heavy atom. The van der Waals surface area contributed by atoms with Crippen LogP contribution in [0.5, 0.6) is 0 Å². The van der Waals surface area contributed by atoms with Gasteiger partial charge in [-0.2, -0.15) is 0 Å². The molecule has 0 aromatic heterocycles. The standard InChI is InChI=1S/C18H38N2O/c1-8-14(9-2)15(20(6)7)13-19-16-12-17(21-11-4)18(16,5)10-3/h14-17,19H,8-13H2,1-7H3. The SMILES string of the molecule is CCOC1CC(NCC(C(CC)CC)N(C)C)C1(C)CC. The second-order valence-corrected chi connectivity index (χ2v) is 7.11. The minimum Gasteiger partial charge on any atom is -0.378 e. The van der Waals surface area contributed by atoms with Gasteiger partial charge in [0.05, 0.1) is 6.10 Å². The molecule has 3 heteroatoms. The van der Waals surface area contributed by atoms with Crippen LogP contribution >= 0.6 is 0 Å². The number of hydrogen-bond donors (Lipinski definition) is 1. The number of rotatable bonds is 10. The number of ether oxygens (including phenoxy) is 1. The van der Waals surface area contributed by atoms with Crippen molar-refractivity contribution in [3.63, 3.8) is 0 Å². The highest BCUT2D eigenvalue weighted by atomic mass is 16.5. The monoisotopic (exact) mass is 298 g/mol. The molecule has 4 atom stereocenters. The van der Waals surface area contributed by atoms with Crippen LogP contribution in [0.3, 0.4) is 0 Å². The van der Waals surface area contributed by atoms with Crippen molar-refractivity contribution in [2.24, 2.45) is 11.3 Å². The van der Waals surface area contributed by atoms with E-state index >= 15 is 0 Å². The van der Waals surface area contributed by atoms with Crippen molar-refractivity contribution in [1.82, 2.24) is 10.2 Å². The zero-order valence-corrected chi connectivity index (χ0v) is 15.4. The Morgan fingerprint density at radius 2 is 1.81 bits per heavy atom. The van der Waals surface area contributed by atoms with Crippen LogP contribution in [0.1, 0.15) is 60.3 Å². The van der Waals surface area contributed by atoms with Gasteiger partial charge in [0.15, 0.2) is 0 Å². The van der Waals surface area contributed by atoms with Crippen LogP contribution in [0.25, 0.3) is 0 Å². The van der Waals surface area contributed by atoms with Gasteiger partial charge in [-0.05, 0) is 39.8 Å². The summed E-state index contributed by atoms with van der Waals surface area (Å²) in [7, 11) is 4.43. The highest BCUT2D eigenvalue weighted by Gasteiger charge is 2.50. The summed E-state index contributed by atoms with van der Waals surface area (Å²) in [5.41, 5.74) is 0.306. The van der Waals surface area contributed by atoms with Gasteiger partial charge in [0.1, 0.15) is 0 Å². The third-order valence-electron chi connectivity index (χ3n) is 5.94. The maximum atomic E-state index is 5.91. The quantitative estimate of drug-likeness (QED) is 0.667. The van der Waals surface area contributed by atoms with Crippen molar-refractivity contribution >= 4 is 0 Å². The molecule has 1 saturated carbocycles. The van der Waals surface area contributed by atoms with E-state index in [1.54, 1.807) is 0 Å². The smallest absolute Gasteiger partial charge is 0.0658 e. The first kappa shape index (κ1) is 18.9. The summed E-state index contributed by atoms with van der Waals surface area (Å²) in [4.78, 5) is 2.40. The van der Waals surface area contributed by atoms with E-state index in [1.807, 2.05) is 0 Å². The van der Waals surface area contributed by atoms with Crippen LogP contribution in [0.2, 0.25) is 0 Å². The molecule has 1 aliphatic rings. The Labute approximate surface area is 132 Å².